The third kappa shape index (κ3) is 2.35. The van der Waals surface area contributed by atoms with Gasteiger partial charge in [0, 0.05) is 12.6 Å². The van der Waals surface area contributed by atoms with E-state index >= 15 is 0 Å². The van der Waals surface area contributed by atoms with E-state index in [0.29, 0.717) is 16.8 Å². The lowest BCUT2D eigenvalue weighted by Gasteiger charge is -2.44. The van der Waals surface area contributed by atoms with Crippen LogP contribution in [0.3, 0.4) is 0 Å². The van der Waals surface area contributed by atoms with Gasteiger partial charge in [-0.2, -0.15) is 0 Å². The summed E-state index contributed by atoms with van der Waals surface area (Å²) in [6.45, 7) is 3.32. The second-order valence-corrected chi connectivity index (χ2v) is 5.45. The van der Waals surface area contributed by atoms with Crippen LogP contribution in [0.5, 0.6) is 0 Å². The van der Waals surface area contributed by atoms with Gasteiger partial charge in [-0.3, -0.25) is 4.79 Å². The SMILES string of the molecule is O=C(NC1CN2CCC1CC2)c1cccc(Cl)n1. The second-order valence-electron chi connectivity index (χ2n) is 5.06. The summed E-state index contributed by atoms with van der Waals surface area (Å²) in [4.78, 5) is 18.5. The number of rotatable bonds is 2. The van der Waals surface area contributed by atoms with Gasteiger partial charge in [0.15, 0.2) is 0 Å². The molecule has 1 amide bonds. The predicted octanol–water partition coefficient (Wildman–Crippen LogP) is 1.56. The van der Waals surface area contributed by atoms with Gasteiger partial charge in [0.25, 0.3) is 5.91 Å². The summed E-state index contributed by atoms with van der Waals surface area (Å²) in [5.41, 5.74) is 0.402. The van der Waals surface area contributed by atoms with Gasteiger partial charge in [-0.25, -0.2) is 4.98 Å². The number of hydrogen-bond acceptors (Lipinski definition) is 3. The molecule has 3 fully saturated rings. The molecule has 4 nitrogen and oxygen atoms in total. The van der Waals surface area contributed by atoms with E-state index in [1.54, 1.807) is 18.2 Å². The first-order valence-electron chi connectivity index (χ1n) is 6.38. The van der Waals surface area contributed by atoms with Gasteiger partial charge in [0.2, 0.25) is 0 Å². The molecule has 18 heavy (non-hydrogen) atoms. The maximum Gasteiger partial charge on any atom is 0.270 e. The lowest BCUT2D eigenvalue weighted by molar-refractivity contribution is 0.0618. The molecule has 96 valence electrons. The molecule has 0 radical (unpaired) electrons. The minimum absolute atomic E-state index is 0.115. The fourth-order valence-electron chi connectivity index (χ4n) is 2.91. The lowest BCUT2D eigenvalue weighted by atomic mass is 9.84. The van der Waals surface area contributed by atoms with Gasteiger partial charge in [-0.15, -0.1) is 0 Å². The average Bonchev–Trinajstić information content (AvgIpc) is 2.40. The molecular formula is C13H16ClN3O. The molecule has 3 aliphatic heterocycles. The molecule has 1 aromatic heterocycles. The molecule has 1 atom stereocenters. The van der Waals surface area contributed by atoms with Crippen LogP contribution in [0, 0.1) is 5.92 Å². The summed E-state index contributed by atoms with van der Waals surface area (Å²) in [5.74, 6) is 0.509. The number of amides is 1. The van der Waals surface area contributed by atoms with Gasteiger partial charge in [-0.05, 0) is 44.0 Å². The van der Waals surface area contributed by atoms with E-state index in [4.69, 9.17) is 11.6 Å². The van der Waals surface area contributed by atoms with Crippen molar-refractivity contribution < 1.29 is 4.79 Å². The highest BCUT2D eigenvalue weighted by molar-refractivity contribution is 6.29. The molecule has 0 spiro atoms. The molecule has 3 aliphatic rings. The van der Waals surface area contributed by atoms with Crippen molar-refractivity contribution in [3.05, 3.63) is 29.0 Å². The first-order chi connectivity index (χ1) is 8.72. The predicted molar refractivity (Wildman–Crippen MR) is 69.7 cm³/mol. The second kappa shape index (κ2) is 4.86. The number of hydrogen-bond donors (Lipinski definition) is 1. The van der Waals surface area contributed by atoms with Crippen LogP contribution in [0.1, 0.15) is 23.3 Å². The number of carbonyl (C=O) groups is 1. The zero-order valence-electron chi connectivity index (χ0n) is 10.1. The van der Waals surface area contributed by atoms with Crippen molar-refractivity contribution in [3.63, 3.8) is 0 Å². The fraction of sp³-hybridized carbons (Fsp3) is 0.538. The Balaban J connectivity index is 1.68. The number of halogens is 1. The minimum Gasteiger partial charge on any atom is -0.346 e. The van der Waals surface area contributed by atoms with Crippen LogP contribution in [-0.2, 0) is 0 Å². The Morgan fingerprint density at radius 2 is 2.17 bits per heavy atom. The molecule has 4 heterocycles. The van der Waals surface area contributed by atoms with Crippen LogP contribution < -0.4 is 5.32 Å². The Labute approximate surface area is 111 Å². The molecule has 2 bridgehead atoms. The molecule has 4 rings (SSSR count). The van der Waals surface area contributed by atoms with Crippen molar-refractivity contribution in [2.45, 2.75) is 18.9 Å². The molecule has 1 N–H and O–H groups in total. The molecule has 1 unspecified atom stereocenters. The van der Waals surface area contributed by atoms with Crippen LogP contribution >= 0.6 is 11.6 Å². The summed E-state index contributed by atoms with van der Waals surface area (Å²) in [7, 11) is 0. The van der Waals surface area contributed by atoms with Crippen LogP contribution in [0.4, 0.5) is 0 Å². The molecule has 1 aromatic rings. The van der Waals surface area contributed by atoms with Crippen LogP contribution in [0.15, 0.2) is 18.2 Å². The Bertz CT molecular complexity index is 457. The number of aromatic nitrogens is 1. The fourth-order valence-corrected chi connectivity index (χ4v) is 3.07. The molecule has 0 aliphatic carbocycles. The third-order valence-electron chi connectivity index (χ3n) is 3.92. The zero-order chi connectivity index (χ0) is 12.5. The number of fused-ring (bicyclic) bond motifs is 3. The summed E-state index contributed by atoms with van der Waals surface area (Å²) in [6.07, 6.45) is 2.38. The standard InChI is InChI=1S/C13H16ClN3O/c14-12-3-1-2-10(15-12)13(18)16-11-8-17-6-4-9(11)5-7-17/h1-3,9,11H,4-8H2,(H,16,18). The van der Waals surface area contributed by atoms with E-state index in [-0.39, 0.29) is 11.9 Å². The van der Waals surface area contributed by atoms with Gasteiger partial charge in [0.1, 0.15) is 10.8 Å². The maximum absolute atomic E-state index is 12.1. The quantitative estimate of drug-likeness (QED) is 0.826. The van der Waals surface area contributed by atoms with E-state index in [1.807, 2.05) is 0 Å². The van der Waals surface area contributed by atoms with Crippen LogP contribution in [0.2, 0.25) is 5.15 Å². The van der Waals surface area contributed by atoms with Crippen molar-refractivity contribution >= 4 is 17.5 Å². The van der Waals surface area contributed by atoms with Crippen molar-refractivity contribution in [2.24, 2.45) is 5.92 Å². The van der Waals surface area contributed by atoms with Crippen molar-refractivity contribution in [1.82, 2.24) is 15.2 Å². The topological polar surface area (TPSA) is 45.2 Å². The molecule has 3 saturated heterocycles. The number of carbonyl (C=O) groups excluding carboxylic acids is 1. The Kier molecular flexibility index (Phi) is 3.22. The van der Waals surface area contributed by atoms with E-state index in [9.17, 15) is 4.79 Å². The van der Waals surface area contributed by atoms with Crippen molar-refractivity contribution in [3.8, 4) is 0 Å². The van der Waals surface area contributed by atoms with E-state index in [2.05, 4.69) is 15.2 Å². The summed E-state index contributed by atoms with van der Waals surface area (Å²) >= 11 is 5.80. The average molecular weight is 266 g/mol. The summed E-state index contributed by atoms with van der Waals surface area (Å²) in [6, 6.07) is 5.39. The van der Waals surface area contributed by atoms with Gasteiger partial charge < -0.3 is 10.2 Å². The Morgan fingerprint density at radius 1 is 1.39 bits per heavy atom. The minimum atomic E-state index is -0.115. The van der Waals surface area contributed by atoms with Gasteiger partial charge >= 0.3 is 0 Å². The number of nitrogens with zero attached hydrogens (tertiary/aromatic N) is 2. The van der Waals surface area contributed by atoms with Crippen molar-refractivity contribution in [1.29, 1.82) is 0 Å². The highest BCUT2D eigenvalue weighted by Gasteiger charge is 2.35. The Morgan fingerprint density at radius 3 is 2.78 bits per heavy atom. The maximum atomic E-state index is 12.1. The highest BCUT2D eigenvalue weighted by Crippen LogP contribution is 2.27. The third-order valence-corrected chi connectivity index (χ3v) is 4.13. The monoisotopic (exact) mass is 265 g/mol. The number of piperidine rings is 3. The van der Waals surface area contributed by atoms with E-state index < -0.39 is 0 Å². The van der Waals surface area contributed by atoms with E-state index in [0.717, 1.165) is 6.54 Å². The van der Waals surface area contributed by atoms with Crippen LogP contribution in [-0.4, -0.2) is 41.5 Å². The summed E-state index contributed by atoms with van der Waals surface area (Å²) in [5, 5.41) is 3.45. The molecule has 0 aromatic carbocycles. The molecule has 0 saturated carbocycles. The van der Waals surface area contributed by atoms with Gasteiger partial charge in [-0.1, -0.05) is 17.7 Å². The van der Waals surface area contributed by atoms with E-state index in [1.165, 1.54) is 25.9 Å². The number of nitrogens with one attached hydrogen (secondary N) is 1. The van der Waals surface area contributed by atoms with Gasteiger partial charge in [0.05, 0.1) is 0 Å². The number of pyridine rings is 1. The lowest BCUT2D eigenvalue weighted by Crippen LogP contribution is -2.57. The van der Waals surface area contributed by atoms with Crippen molar-refractivity contribution in [2.75, 3.05) is 19.6 Å². The summed E-state index contributed by atoms with van der Waals surface area (Å²) < 4.78 is 0. The molecule has 5 heteroatoms. The first-order valence-corrected chi connectivity index (χ1v) is 6.76. The first kappa shape index (κ1) is 11.9. The largest absolute Gasteiger partial charge is 0.346 e. The smallest absolute Gasteiger partial charge is 0.270 e. The zero-order valence-corrected chi connectivity index (χ0v) is 10.9. The highest BCUT2D eigenvalue weighted by atomic mass is 35.5. The molecular weight excluding hydrogens is 250 g/mol. The Hall–Kier alpha value is -1.13. The normalized spacial score (nSPS) is 30.2. The van der Waals surface area contributed by atoms with Crippen LogP contribution in [0.25, 0.3) is 0 Å².